The quantitative estimate of drug-likeness (QED) is 0.474. The fourth-order valence-corrected chi connectivity index (χ4v) is 3.65. The zero-order chi connectivity index (χ0) is 11.9. The third-order valence-corrected chi connectivity index (χ3v) is 5.06. The summed E-state index contributed by atoms with van der Waals surface area (Å²) in [6, 6.07) is 0. The van der Waals surface area contributed by atoms with E-state index in [4.69, 9.17) is 13.3 Å². The van der Waals surface area contributed by atoms with Crippen molar-refractivity contribution in [3.05, 3.63) is 23.9 Å². The van der Waals surface area contributed by atoms with Gasteiger partial charge in [-0.25, -0.2) is 0 Å². The van der Waals surface area contributed by atoms with Gasteiger partial charge in [0.05, 0.1) is 0 Å². The lowest BCUT2D eigenvalue weighted by Crippen LogP contribution is -2.48. The predicted octanol–water partition coefficient (Wildman–Crippen LogP) is 2.71. The lowest BCUT2D eigenvalue weighted by atomic mass is 10.3. The first-order valence-electron chi connectivity index (χ1n) is 5.31. The largest absolute Gasteiger partial charge is 0.536 e. The van der Waals surface area contributed by atoms with Gasteiger partial charge < -0.3 is 13.3 Å². The summed E-state index contributed by atoms with van der Waals surface area (Å²) in [5.74, 6) is 0. The SMILES string of the molecule is C=C(C)C(=C)[Si](OCC)(OCC)OCC. The smallest absolute Gasteiger partial charge is 0.370 e. The predicted molar refractivity (Wildman–Crippen MR) is 64.6 cm³/mol. The molecule has 0 aliphatic heterocycles. The number of rotatable bonds is 8. The summed E-state index contributed by atoms with van der Waals surface area (Å²) >= 11 is 0. The minimum atomic E-state index is -2.76. The van der Waals surface area contributed by atoms with Crippen LogP contribution in [-0.2, 0) is 13.3 Å². The van der Waals surface area contributed by atoms with E-state index in [9.17, 15) is 0 Å². The van der Waals surface area contributed by atoms with Crippen molar-refractivity contribution in [2.24, 2.45) is 0 Å². The second-order valence-electron chi connectivity index (χ2n) is 3.11. The third kappa shape index (κ3) is 3.91. The van der Waals surface area contributed by atoms with Crippen LogP contribution in [0.5, 0.6) is 0 Å². The molecule has 0 aromatic rings. The monoisotopic (exact) mass is 230 g/mol. The summed E-state index contributed by atoms with van der Waals surface area (Å²) in [6.45, 7) is 17.2. The summed E-state index contributed by atoms with van der Waals surface area (Å²) < 4.78 is 17.0. The molecule has 0 amide bonds. The summed E-state index contributed by atoms with van der Waals surface area (Å²) in [4.78, 5) is 0. The van der Waals surface area contributed by atoms with Gasteiger partial charge in [-0.2, -0.15) is 0 Å². The number of allylic oxidation sites excluding steroid dienone is 2. The van der Waals surface area contributed by atoms with Crippen molar-refractivity contribution in [2.75, 3.05) is 19.8 Å². The Kier molecular flexibility index (Phi) is 6.76. The van der Waals surface area contributed by atoms with E-state index in [1.807, 2.05) is 27.7 Å². The van der Waals surface area contributed by atoms with Crippen molar-refractivity contribution in [3.63, 3.8) is 0 Å². The first-order chi connectivity index (χ1) is 7.04. The Morgan fingerprint density at radius 2 is 1.27 bits per heavy atom. The minimum Gasteiger partial charge on any atom is -0.370 e. The molecule has 88 valence electrons. The maximum Gasteiger partial charge on any atom is 0.536 e. The molecule has 0 fully saturated rings. The second-order valence-corrected chi connectivity index (χ2v) is 5.70. The molecule has 0 unspecified atom stereocenters. The van der Waals surface area contributed by atoms with Crippen LogP contribution in [0, 0.1) is 0 Å². The highest BCUT2D eigenvalue weighted by molar-refractivity contribution is 6.69. The molecule has 0 aliphatic carbocycles. The van der Waals surface area contributed by atoms with Gasteiger partial charge in [-0.1, -0.05) is 18.7 Å². The highest BCUT2D eigenvalue weighted by atomic mass is 28.4. The third-order valence-electron chi connectivity index (χ3n) is 1.89. The Balaban J connectivity index is 4.90. The highest BCUT2D eigenvalue weighted by Gasteiger charge is 2.44. The summed E-state index contributed by atoms with van der Waals surface area (Å²) in [7, 11) is -2.76. The average Bonchev–Trinajstić information content (AvgIpc) is 2.17. The first kappa shape index (κ1) is 14.6. The van der Waals surface area contributed by atoms with E-state index < -0.39 is 8.80 Å². The normalized spacial score (nSPS) is 11.5. The zero-order valence-corrected chi connectivity index (χ0v) is 11.3. The Morgan fingerprint density at radius 3 is 1.47 bits per heavy atom. The van der Waals surface area contributed by atoms with Crippen LogP contribution in [0.4, 0.5) is 0 Å². The summed E-state index contributed by atoms with van der Waals surface area (Å²) in [5.41, 5.74) is 0.858. The molecule has 0 heterocycles. The van der Waals surface area contributed by atoms with Crippen LogP contribution in [-0.4, -0.2) is 28.6 Å². The fourth-order valence-electron chi connectivity index (χ4n) is 1.22. The van der Waals surface area contributed by atoms with Crippen molar-refractivity contribution in [3.8, 4) is 0 Å². The van der Waals surface area contributed by atoms with Crippen LogP contribution >= 0.6 is 0 Å². The van der Waals surface area contributed by atoms with Crippen molar-refractivity contribution < 1.29 is 13.3 Å². The Morgan fingerprint density at radius 1 is 0.933 bits per heavy atom. The van der Waals surface area contributed by atoms with Crippen molar-refractivity contribution in [2.45, 2.75) is 27.7 Å². The van der Waals surface area contributed by atoms with Gasteiger partial charge in [-0.15, -0.1) is 0 Å². The van der Waals surface area contributed by atoms with Crippen molar-refractivity contribution in [1.29, 1.82) is 0 Å². The fraction of sp³-hybridized carbons (Fsp3) is 0.636. The molecule has 3 nitrogen and oxygen atoms in total. The molecule has 0 aromatic heterocycles. The molecule has 0 bridgehead atoms. The van der Waals surface area contributed by atoms with Gasteiger partial charge in [0.1, 0.15) is 0 Å². The van der Waals surface area contributed by atoms with Gasteiger partial charge in [-0.05, 0) is 27.7 Å². The standard InChI is InChI=1S/C11H22O3Si/c1-7-12-15(13-8-2,14-9-3)11(6)10(4)5/h4,6-9H2,1-3,5H3. The van der Waals surface area contributed by atoms with Gasteiger partial charge >= 0.3 is 8.80 Å². The molecule has 0 saturated heterocycles. The zero-order valence-electron chi connectivity index (χ0n) is 10.3. The lowest BCUT2D eigenvalue weighted by Gasteiger charge is -2.30. The first-order valence-corrected chi connectivity index (χ1v) is 7.03. The van der Waals surface area contributed by atoms with E-state index in [0.29, 0.717) is 19.8 Å². The van der Waals surface area contributed by atoms with E-state index in [-0.39, 0.29) is 0 Å². The topological polar surface area (TPSA) is 27.7 Å². The summed E-state index contributed by atoms with van der Waals surface area (Å²) in [5, 5.41) is 0.771. The molecule has 0 radical (unpaired) electrons. The number of hydrogen-bond acceptors (Lipinski definition) is 3. The molecule has 0 rings (SSSR count). The second kappa shape index (κ2) is 6.95. The van der Waals surface area contributed by atoms with Crippen LogP contribution in [0.2, 0.25) is 0 Å². The van der Waals surface area contributed by atoms with Crippen LogP contribution in [0.1, 0.15) is 27.7 Å². The van der Waals surface area contributed by atoms with Crippen LogP contribution in [0.15, 0.2) is 23.9 Å². The van der Waals surface area contributed by atoms with E-state index in [2.05, 4.69) is 13.2 Å². The average molecular weight is 230 g/mol. The molecule has 0 spiro atoms. The molecule has 0 N–H and O–H groups in total. The van der Waals surface area contributed by atoms with E-state index in [1.165, 1.54) is 0 Å². The van der Waals surface area contributed by atoms with Crippen molar-refractivity contribution >= 4 is 8.80 Å². The Labute approximate surface area is 94.1 Å². The van der Waals surface area contributed by atoms with Gasteiger partial charge in [0.2, 0.25) is 0 Å². The molecule has 4 heteroatoms. The molecule has 0 aromatic carbocycles. The van der Waals surface area contributed by atoms with Gasteiger partial charge in [0.15, 0.2) is 0 Å². The molecular formula is C11H22O3Si. The number of hydrogen-bond donors (Lipinski definition) is 0. The summed E-state index contributed by atoms with van der Waals surface area (Å²) in [6.07, 6.45) is 0. The maximum absolute atomic E-state index is 5.67. The van der Waals surface area contributed by atoms with E-state index in [1.54, 1.807) is 0 Å². The minimum absolute atomic E-state index is 0.554. The lowest BCUT2D eigenvalue weighted by molar-refractivity contribution is 0.0816. The highest BCUT2D eigenvalue weighted by Crippen LogP contribution is 2.23. The molecule has 15 heavy (non-hydrogen) atoms. The molecule has 0 atom stereocenters. The Hall–Kier alpha value is -0.423. The van der Waals surface area contributed by atoms with Crippen LogP contribution < -0.4 is 0 Å². The van der Waals surface area contributed by atoms with Gasteiger partial charge in [-0.3, -0.25) is 0 Å². The van der Waals surface area contributed by atoms with Gasteiger partial charge in [0, 0.05) is 25.0 Å². The van der Waals surface area contributed by atoms with Crippen LogP contribution in [0.25, 0.3) is 0 Å². The van der Waals surface area contributed by atoms with E-state index >= 15 is 0 Å². The van der Waals surface area contributed by atoms with Gasteiger partial charge in [0.25, 0.3) is 0 Å². The maximum atomic E-state index is 5.67. The molecular weight excluding hydrogens is 208 g/mol. The van der Waals surface area contributed by atoms with Crippen molar-refractivity contribution in [1.82, 2.24) is 0 Å². The molecule has 0 saturated carbocycles. The van der Waals surface area contributed by atoms with E-state index in [0.717, 1.165) is 10.8 Å². The molecule has 0 aliphatic rings. The van der Waals surface area contributed by atoms with Crippen LogP contribution in [0.3, 0.4) is 0 Å². The Bertz CT molecular complexity index is 209.